The summed E-state index contributed by atoms with van der Waals surface area (Å²) in [6.45, 7) is 4.30. The predicted octanol–water partition coefficient (Wildman–Crippen LogP) is 6.30. The molecular formula is C29H24FN3O4S2. The Kier molecular flexibility index (Phi) is 7.76. The van der Waals surface area contributed by atoms with Crippen molar-refractivity contribution in [3.05, 3.63) is 106 Å². The molecule has 0 spiro atoms. The number of carbonyl (C=O) groups excluding carboxylic acids is 2. The van der Waals surface area contributed by atoms with Gasteiger partial charge in [-0.05, 0) is 49.2 Å². The quantitative estimate of drug-likeness (QED) is 0.0887. The minimum atomic E-state index is -0.912. The molecule has 10 heteroatoms. The molecule has 3 aromatic carbocycles. The Bertz CT molecular complexity index is 1530. The fourth-order valence-electron chi connectivity index (χ4n) is 4.21. The van der Waals surface area contributed by atoms with Gasteiger partial charge in [0.25, 0.3) is 5.78 Å². The first-order valence-electron chi connectivity index (χ1n) is 12.2. The lowest BCUT2D eigenvalue weighted by Crippen LogP contribution is -2.29. The molecule has 1 aliphatic heterocycles. The number of aromatic nitrogens is 2. The fourth-order valence-corrected chi connectivity index (χ4v) is 6.03. The van der Waals surface area contributed by atoms with Crippen LogP contribution in [0, 0.1) is 12.7 Å². The van der Waals surface area contributed by atoms with Gasteiger partial charge in [-0.2, -0.15) is 0 Å². The lowest BCUT2D eigenvalue weighted by Gasteiger charge is -2.22. The van der Waals surface area contributed by atoms with Crippen LogP contribution in [0.5, 0.6) is 5.75 Å². The van der Waals surface area contributed by atoms with Gasteiger partial charge in [-0.3, -0.25) is 14.5 Å². The molecule has 0 aliphatic carbocycles. The number of anilines is 1. The Morgan fingerprint density at radius 3 is 2.38 bits per heavy atom. The molecule has 0 radical (unpaired) electrons. The van der Waals surface area contributed by atoms with Crippen molar-refractivity contribution in [1.29, 1.82) is 0 Å². The van der Waals surface area contributed by atoms with Gasteiger partial charge in [0.15, 0.2) is 4.34 Å². The summed E-state index contributed by atoms with van der Waals surface area (Å²) in [4.78, 5) is 28.0. The van der Waals surface area contributed by atoms with Crippen LogP contribution in [-0.4, -0.2) is 33.6 Å². The molecule has 198 valence electrons. The SMILES string of the molecule is CCOc1ccc(C2/C(=C(/O)c3ccc(C)cc3)C(=O)C(=O)N2c2nnc(SCc3ccc(F)cc3)s2)cc1. The molecule has 5 rings (SSSR count). The van der Waals surface area contributed by atoms with E-state index in [4.69, 9.17) is 4.74 Å². The lowest BCUT2D eigenvalue weighted by atomic mass is 9.95. The van der Waals surface area contributed by atoms with Crippen molar-refractivity contribution in [2.45, 2.75) is 30.0 Å². The Morgan fingerprint density at radius 1 is 1.03 bits per heavy atom. The number of rotatable bonds is 8. The number of hydrogen-bond donors (Lipinski definition) is 1. The molecule has 1 amide bonds. The zero-order valence-electron chi connectivity index (χ0n) is 21.1. The molecule has 0 bridgehead atoms. The van der Waals surface area contributed by atoms with Gasteiger partial charge in [0.1, 0.15) is 17.3 Å². The maximum absolute atomic E-state index is 13.4. The summed E-state index contributed by atoms with van der Waals surface area (Å²) in [7, 11) is 0. The Hall–Kier alpha value is -4.02. The van der Waals surface area contributed by atoms with Gasteiger partial charge in [0.2, 0.25) is 5.13 Å². The number of nitrogens with zero attached hydrogens (tertiary/aromatic N) is 3. The highest BCUT2D eigenvalue weighted by molar-refractivity contribution is 8.00. The van der Waals surface area contributed by atoms with Crippen molar-refractivity contribution >= 4 is 45.7 Å². The van der Waals surface area contributed by atoms with Gasteiger partial charge in [-0.15, -0.1) is 10.2 Å². The first-order chi connectivity index (χ1) is 18.9. The van der Waals surface area contributed by atoms with Crippen LogP contribution in [0.3, 0.4) is 0 Å². The van der Waals surface area contributed by atoms with Crippen molar-refractivity contribution in [2.24, 2.45) is 0 Å². The number of thioether (sulfide) groups is 1. The number of aliphatic hydroxyl groups is 1. The Balaban J connectivity index is 1.52. The summed E-state index contributed by atoms with van der Waals surface area (Å²) in [5.74, 6) is -0.991. The minimum absolute atomic E-state index is 0.0243. The lowest BCUT2D eigenvalue weighted by molar-refractivity contribution is -0.132. The average Bonchev–Trinajstić information content (AvgIpc) is 3.51. The van der Waals surface area contributed by atoms with Crippen LogP contribution < -0.4 is 9.64 Å². The van der Waals surface area contributed by atoms with E-state index in [0.717, 1.165) is 11.1 Å². The van der Waals surface area contributed by atoms with Crippen LogP contribution in [0.25, 0.3) is 5.76 Å². The maximum atomic E-state index is 13.4. The molecule has 2 heterocycles. The van der Waals surface area contributed by atoms with E-state index in [2.05, 4.69) is 10.2 Å². The predicted molar refractivity (Wildman–Crippen MR) is 149 cm³/mol. The van der Waals surface area contributed by atoms with Crippen LogP contribution in [-0.2, 0) is 15.3 Å². The molecule has 4 aromatic rings. The van der Waals surface area contributed by atoms with E-state index >= 15 is 0 Å². The van der Waals surface area contributed by atoms with E-state index in [1.54, 1.807) is 48.5 Å². The topological polar surface area (TPSA) is 92.6 Å². The second-order valence-electron chi connectivity index (χ2n) is 8.80. The summed E-state index contributed by atoms with van der Waals surface area (Å²) in [6, 6.07) is 19.4. The number of benzene rings is 3. The van der Waals surface area contributed by atoms with Crippen molar-refractivity contribution in [2.75, 3.05) is 11.5 Å². The molecular weight excluding hydrogens is 537 g/mol. The maximum Gasteiger partial charge on any atom is 0.301 e. The Morgan fingerprint density at radius 2 is 1.72 bits per heavy atom. The number of ether oxygens (including phenoxy) is 1. The summed E-state index contributed by atoms with van der Waals surface area (Å²) in [6.07, 6.45) is 0. The van der Waals surface area contributed by atoms with Crippen molar-refractivity contribution in [3.63, 3.8) is 0 Å². The molecule has 7 nitrogen and oxygen atoms in total. The van der Waals surface area contributed by atoms with Gasteiger partial charge in [-0.1, -0.05) is 77.2 Å². The third kappa shape index (κ3) is 5.57. The molecule has 1 fully saturated rings. The molecule has 1 N–H and O–H groups in total. The molecule has 1 aromatic heterocycles. The van der Waals surface area contributed by atoms with Crippen LogP contribution >= 0.6 is 23.1 Å². The average molecular weight is 562 g/mol. The van der Waals surface area contributed by atoms with Crippen LogP contribution in [0.1, 0.15) is 35.2 Å². The summed E-state index contributed by atoms with van der Waals surface area (Å²) >= 11 is 2.56. The molecule has 1 atom stereocenters. The Labute approximate surface area is 233 Å². The molecule has 39 heavy (non-hydrogen) atoms. The highest BCUT2D eigenvalue weighted by Gasteiger charge is 2.48. The van der Waals surface area contributed by atoms with E-state index in [1.165, 1.54) is 40.1 Å². The molecule has 1 unspecified atom stereocenters. The standard InChI is InChI=1S/C29H24FN3O4S2/c1-3-37-22-14-10-19(11-15-22)24-23(25(34)20-8-4-17(2)5-9-20)26(35)27(36)33(24)28-31-32-29(39-28)38-16-18-6-12-21(30)13-7-18/h4-15,24,34H,3,16H2,1-2H3/b25-23-. The normalized spacial score (nSPS) is 16.6. The van der Waals surface area contributed by atoms with Crippen LogP contribution in [0.15, 0.2) is 82.7 Å². The number of amides is 1. The van der Waals surface area contributed by atoms with Gasteiger partial charge < -0.3 is 9.84 Å². The third-order valence-corrected chi connectivity index (χ3v) is 8.28. The smallest absolute Gasteiger partial charge is 0.301 e. The molecule has 0 saturated carbocycles. The number of Topliss-reactive ketones (excluding diaryl/α,β-unsaturated/α-hetero) is 1. The monoisotopic (exact) mass is 561 g/mol. The zero-order valence-corrected chi connectivity index (χ0v) is 22.8. The minimum Gasteiger partial charge on any atom is -0.507 e. The second kappa shape index (κ2) is 11.4. The van der Waals surface area contributed by atoms with Gasteiger partial charge in [-0.25, -0.2) is 4.39 Å². The largest absolute Gasteiger partial charge is 0.507 e. The molecule has 1 saturated heterocycles. The van der Waals surface area contributed by atoms with Gasteiger partial charge >= 0.3 is 5.91 Å². The summed E-state index contributed by atoms with van der Waals surface area (Å²) in [5.41, 5.74) is 2.92. The van der Waals surface area contributed by atoms with E-state index in [1.807, 2.05) is 26.0 Å². The molecule has 1 aliphatic rings. The number of aryl methyl sites for hydroxylation is 1. The zero-order chi connectivity index (χ0) is 27.5. The number of halogens is 1. The van der Waals surface area contributed by atoms with E-state index in [0.29, 0.717) is 33.6 Å². The summed E-state index contributed by atoms with van der Waals surface area (Å²) < 4.78 is 19.4. The van der Waals surface area contributed by atoms with Gasteiger partial charge in [0, 0.05) is 11.3 Å². The number of carbonyl (C=O) groups is 2. The van der Waals surface area contributed by atoms with Crippen molar-refractivity contribution < 1.29 is 23.8 Å². The first kappa shape index (κ1) is 26.6. The van der Waals surface area contributed by atoms with E-state index < -0.39 is 17.7 Å². The van der Waals surface area contributed by atoms with Crippen LogP contribution in [0.4, 0.5) is 9.52 Å². The highest BCUT2D eigenvalue weighted by Crippen LogP contribution is 2.44. The van der Waals surface area contributed by atoms with Gasteiger partial charge in [0.05, 0.1) is 18.2 Å². The third-order valence-electron chi connectivity index (χ3n) is 6.15. The van der Waals surface area contributed by atoms with Crippen molar-refractivity contribution in [1.82, 2.24) is 10.2 Å². The van der Waals surface area contributed by atoms with Crippen molar-refractivity contribution in [3.8, 4) is 5.75 Å². The number of ketones is 1. The second-order valence-corrected chi connectivity index (χ2v) is 11.0. The number of aliphatic hydroxyl groups excluding tert-OH is 1. The van der Waals surface area contributed by atoms with E-state index in [9.17, 15) is 19.1 Å². The summed E-state index contributed by atoms with van der Waals surface area (Å²) in [5, 5.41) is 19.9. The van der Waals surface area contributed by atoms with Crippen LogP contribution in [0.2, 0.25) is 0 Å². The fraction of sp³-hybridized carbons (Fsp3) is 0.172. The number of hydrogen-bond acceptors (Lipinski definition) is 8. The highest BCUT2D eigenvalue weighted by atomic mass is 32.2. The first-order valence-corrected chi connectivity index (χ1v) is 14.0. The van der Waals surface area contributed by atoms with E-state index in [-0.39, 0.29) is 22.3 Å².